The van der Waals surface area contributed by atoms with Gasteiger partial charge >= 0.3 is 5.97 Å². The van der Waals surface area contributed by atoms with Crippen molar-refractivity contribution in [1.82, 2.24) is 4.90 Å². The standard InChI is InChI=1S/C22H27NO5/c1-4-5-12-27-21(25)18-17-10-11-22(28-17)13-23(20(24)19(18)22)14(2)15-6-8-16(26-3)9-7-15/h6-11,14,17-19H,4-5,12-13H2,1-3H3/t14-,17+,18+,19-,22+/m0/s1. The molecule has 28 heavy (non-hydrogen) atoms. The normalized spacial score (nSPS) is 31.2. The molecule has 0 aliphatic carbocycles. The van der Waals surface area contributed by atoms with E-state index in [4.69, 9.17) is 14.2 Å². The van der Waals surface area contributed by atoms with Crippen LogP contribution in [-0.2, 0) is 19.1 Å². The first-order valence-corrected chi connectivity index (χ1v) is 9.99. The lowest BCUT2D eigenvalue weighted by Crippen LogP contribution is -2.40. The van der Waals surface area contributed by atoms with Crippen LogP contribution >= 0.6 is 0 Å². The maximum atomic E-state index is 13.3. The summed E-state index contributed by atoms with van der Waals surface area (Å²) in [6.07, 6.45) is 5.30. The van der Waals surface area contributed by atoms with Gasteiger partial charge in [-0.2, -0.15) is 0 Å². The second kappa shape index (κ2) is 7.24. The number of esters is 1. The van der Waals surface area contributed by atoms with Gasteiger partial charge in [0.2, 0.25) is 5.91 Å². The Hall–Kier alpha value is -2.34. The van der Waals surface area contributed by atoms with Crippen molar-refractivity contribution < 1.29 is 23.8 Å². The van der Waals surface area contributed by atoms with Crippen molar-refractivity contribution in [3.63, 3.8) is 0 Å². The summed E-state index contributed by atoms with van der Waals surface area (Å²) in [6.45, 7) is 4.89. The number of ether oxygens (including phenoxy) is 3. The van der Waals surface area contributed by atoms with Gasteiger partial charge in [-0.05, 0) is 31.0 Å². The first-order valence-electron chi connectivity index (χ1n) is 9.99. The number of amides is 1. The molecule has 1 amide bonds. The zero-order valence-electron chi connectivity index (χ0n) is 16.6. The number of hydrogen-bond donors (Lipinski definition) is 0. The van der Waals surface area contributed by atoms with E-state index in [1.165, 1.54) is 0 Å². The number of fused-ring (bicyclic) bond motifs is 1. The summed E-state index contributed by atoms with van der Waals surface area (Å²) in [5.74, 6) is -0.631. The van der Waals surface area contributed by atoms with Crippen LogP contribution in [-0.4, -0.2) is 48.7 Å². The predicted molar refractivity (Wildman–Crippen MR) is 103 cm³/mol. The third-order valence-electron chi connectivity index (χ3n) is 6.21. The van der Waals surface area contributed by atoms with Crippen LogP contribution in [0.15, 0.2) is 36.4 Å². The molecule has 1 spiro atoms. The summed E-state index contributed by atoms with van der Waals surface area (Å²) >= 11 is 0. The first-order chi connectivity index (χ1) is 13.5. The Kier molecular flexibility index (Phi) is 4.91. The van der Waals surface area contributed by atoms with Gasteiger partial charge in [-0.3, -0.25) is 9.59 Å². The van der Waals surface area contributed by atoms with E-state index in [0.717, 1.165) is 24.2 Å². The maximum Gasteiger partial charge on any atom is 0.312 e. The van der Waals surface area contributed by atoms with Crippen LogP contribution in [0.5, 0.6) is 5.75 Å². The molecule has 2 fully saturated rings. The van der Waals surface area contributed by atoms with E-state index in [0.29, 0.717) is 13.2 Å². The van der Waals surface area contributed by atoms with E-state index in [2.05, 4.69) is 0 Å². The van der Waals surface area contributed by atoms with Crippen LogP contribution in [0, 0.1) is 11.8 Å². The van der Waals surface area contributed by atoms with Gasteiger partial charge in [0.05, 0.1) is 38.3 Å². The number of benzene rings is 1. The molecule has 0 N–H and O–H groups in total. The Morgan fingerprint density at radius 2 is 2.11 bits per heavy atom. The summed E-state index contributed by atoms with van der Waals surface area (Å²) in [5, 5.41) is 0. The van der Waals surface area contributed by atoms with Crippen LogP contribution < -0.4 is 4.74 Å². The number of carbonyl (C=O) groups excluding carboxylic acids is 2. The van der Waals surface area contributed by atoms with Gasteiger partial charge in [-0.25, -0.2) is 0 Å². The van der Waals surface area contributed by atoms with Crippen LogP contribution in [0.2, 0.25) is 0 Å². The molecule has 2 saturated heterocycles. The van der Waals surface area contributed by atoms with Crippen molar-refractivity contribution in [1.29, 1.82) is 0 Å². The lowest BCUT2D eigenvalue weighted by Gasteiger charge is -2.27. The van der Waals surface area contributed by atoms with Crippen LogP contribution in [0.3, 0.4) is 0 Å². The summed E-state index contributed by atoms with van der Waals surface area (Å²) in [6, 6.07) is 7.59. The first kappa shape index (κ1) is 19.0. The van der Waals surface area contributed by atoms with Crippen LogP contribution in [0.25, 0.3) is 0 Å². The Labute approximate surface area is 165 Å². The maximum absolute atomic E-state index is 13.3. The number of rotatable bonds is 7. The average Bonchev–Trinajstić information content (AvgIpc) is 3.36. The van der Waals surface area contributed by atoms with Crippen molar-refractivity contribution in [3.05, 3.63) is 42.0 Å². The minimum atomic E-state index is -0.711. The number of carbonyl (C=O) groups is 2. The molecule has 3 heterocycles. The average molecular weight is 385 g/mol. The number of hydrogen-bond acceptors (Lipinski definition) is 5. The number of nitrogens with zero attached hydrogens (tertiary/aromatic N) is 1. The van der Waals surface area contributed by atoms with Crippen LogP contribution in [0.4, 0.5) is 0 Å². The fourth-order valence-corrected chi connectivity index (χ4v) is 4.60. The van der Waals surface area contributed by atoms with E-state index in [-0.39, 0.29) is 24.0 Å². The van der Waals surface area contributed by atoms with E-state index in [1.54, 1.807) is 7.11 Å². The van der Waals surface area contributed by atoms with E-state index >= 15 is 0 Å². The monoisotopic (exact) mass is 385 g/mol. The predicted octanol–water partition coefficient (Wildman–Crippen LogP) is 2.88. The molecule has 0 aromatic heterocycles. The highest BCUT2D eigenvalue weighted by atomic mass is 16.6. The highest BCUT2D eigenvalue weighted by molar-refractivity contribution is 5.91. The molecule has 6 heteroatoms. The van der Waals surface area contributed by atoms with Crippen molar-refractivity contribution in [3.8, 4) is 5.75 Å². The molecule has 0 unspecified atom stereocenters. The molecule has 0 radical (unpaired) electrons. The van der Waals surface area contributed by atoms with Gasteiger partial charge < -0.3 is 19.1 Å². The van der Waals surface area contributed by atoms with Crippen molar-refractivity contribution in [2.75, 3.05) is 20.3 Å². The van der Waals surface area contributed by atoms with Gasteiger partial charge in [0.1, 0.15) is 17.3 Å². The SMILES string of the molecule is CCCCOC(=O)[C@H]1[C@H]2C(=O)N([C@@H](C)c3ccc(OC)cc3)C[C@]23C=C[C@H]1O3. The van der Waals surface area contributed by atoms with Crippen molar-refractivity contribution in [2.24, 2.45) is 11.8 Å². The number of unbranched alkanes of at least 4 members (excludes halogenated alkanes) is 1. The zero-order valence-corrected chi connectivity index (χ0v) is 16.6. The Morgan fingerprint density at radius 3 is 2.79 bits per heavy atom. The highest BCUT2D eigenvalue weighted by Gasteiger charge is 2.67. The molecule has 150 valence electrons. The Bertz CT molecular complexity index is 789. The molecule has 1 aromatic carbocycles. The molecule has 1 aromatic rings. The highest BCUT2D eigenvalue weighted by Crippen LogP contribution is 2.53. The second-order valence-corrected chi connectivity index (χ2v) is 7.84. The minimum Gasteiger partial charge on any atom is -0.497 e. The van der Waals surface area contributed by atoms with Gasteiger partial charge in [-0.15, -0.1) is 0 Å². The molecule has 6 nitrogen and oxygen atoms in total. The fourth-order valence-electron chi connectivity index (χ4n) is 4.60. The van der Waals surface area contributed by atoms with Gasteiger partial charge in [0.25, 0.3) is 0 Å². The molecule has 3 aliphatic heterocycles. The number of likely N-dealkylation sites (tertiary alicyclic amines) is 1. The summed E-state index contributed by atoms with van der Waals surface area (Å²) in [5.41, 5.74) is 0.308. The molecular formula is C22H27NO5. The number of methoxy groups -OCH3 is 1. The third kappa shape index (κ3) is 2.91. The molecule has 5 atom stereocenters. The fraction of sp³-hybridized carbons (Fsp3) is 0.545. The molecule has 3 aliphatic rings. The van der Waals surface area contributed by atoms with Gasteiger partial charge in [0.15, 0.2) is 0 Å². The topological polar surface area (TPSA) is 65.1 Å². The van der Waals surface area contributed by atoms with Gasteiger partial charge in [-0.1, -0.05) is 37.6 Å². The molecule has 2 bridgehead atoms. The summed E-state index contributed by atoms with van der Waals surface area (Å²) < 4.78 is 16.8. The lowest BCUT2D eigenvalue weighted by molar-refractivity contribution is -0.154. The smallest absolute Gasteiger partial charge is 0.312 e. The Balaban J connectivity index is 1.54. The molecule has 4 rings (SSSR count). The summed E-state index contributed by atoms with van der Waals surface area (Å²) in [4.78, 5) is 27.8. The summed E-state index contributed by atoms with van der Waals surface area (Å²) in [7, 11) is 1.63. The van der Waals surface area contributed by atoms with Gasteiger partial charge in [0, 0.05) is 0 Å². The Morgan fingerprint density at radius 1 is 1.36 bits per heavy atom. The molecular weight excluding hydrogens is 358 g/mol. The lowest BCUT2D eigenvalue weighted by atomic mass is 9.77. The molecule has 0 saturated carbocycles. The second-order valence-electron chi connectivity index (χ2n) is 7.84. The van der Waals surface area contributed by atoms with E-state index in [9.17, 15) is 9.59 Å². The van der Waals surface area contributed by atoms with E-state index < -0.39 is 17.4 Å². The quantitative estimate of drug-likeness (QED) is 0.410. The van der Waals surface area contributed by atoms with Crippen LogP contribution in [0.1, 0.15) is 38.3 Å². The van der Waals surface area contributed by atoms with Crippen molar-refractivity contribution in [2.45, 2.75) is 44.4 Å². The van der Waals surface area contributed by atoms with E-state index in [1.807, 2.05) is 55.2 Å². The minimum absolute atomic E-state index is 0.0346. The zero-order chi connectivity index (χ0) is 19.9. The largest absolute Gasteiger partial charge is 0.497 e. The van der Waals surface area contributed by atoms with Crippen molar-refractivity contribution >= 4 is 11.9 Å². The third-order valence-corrected chi connectivity index (χ3v) is 6.21.